The van der Waals surface area contributed by atoms with Crippen molar-refractivity contribution in [2.75, 3.05) is 11.9 Å². The molecule has 1 aromatic heterocycles. The number of nitrogens with two attached hydrogens (primary N) is 1. The number of thiazole rings is 1. The summed E-state index contributed by atoms with van der Waals surface area (Å²) < 4.78 is 0. The Bertz CT molecular complexity index is 572. The summed E-state index contributed by atoms with van der Waals surface area (Å²) in [5.41, 5.74) is 8.89. The van der Waals surface area contributed by atoms with Gasteiger partial charge in [0.05, 0.1) is 5.01 Å². The van der Waals surface area contributed by atoms with Crippen LogP contribution in [0, 0.1) is 13.8 Å². The Balaban J connectivity index is 2.16. The Labute approximate surface area is 116 Å². The molecule has 1 heterocycles. The van der Waals surface area contributed by atoms with Gasteiger partial charge >= 0.3 is 0 Å². The van der Waals surface area contributed by atoms with Gasteiger partial charge in [-0.25, -0.2) is 4.98 Å². The Hall–Kier alpha value is -1.72. The SMILES string of the molecule is Cc1cccc(C)c1NC(=O)c1csc(CCN)n1. The molecule has 0 bridgehead atoms. The fraction of sp³-hybridized carbons (Fsp3) is 0.286. The molecular formula is C14H17N3OS. The normalized spacial score (nSPS) is 10.5. The highest BCUT2D eigenvalue weighted by atomic mass is 32.1. The monoisotopic (exact) mass is 275 g/mol. The molecule has 0 radical (unpaired) electrons. The number of nitrogens with zero attached hydrogens (tertiary/aromatic N) is 1. The molecule has 1 amide bonds. The van der Waals surface area contributed by atoms with Crippen molar-refractivity contribution in [3.63, 3.8) is 0 Å². The van der Waals surface area contributed by atoms with E-state index >= 15 is 0 Å². The minimum absolute atomic E-state index is 0.170. The van der Waals surface area contributed by atoms with Crippen LogP contribution in [0.5, 0.6) is 0 Å². The number of hydrogen-bond donors (Lipinski definition) is 2. The predicted molar refractivity (Wildman–Crippen MR) is 78.7 cm³/mol. The molecule has 0 saturated heterocycles. The molecule has 100 valence electrons. The maximum Gasteiger partial charge on any atom is 0.275 e. The van der Waals surface area contributed by atoms with Gasteiger partial charge in [0.15, 0.2) is 0 Å². The number of carbonyl (C=O) groups excluding carboxylic acids is 1. The minimum Gasteiger partial charge on any atom is -0.330 e. The molecule has 2 rings (SSSR count). The Morgan fingerprint density at radius 2 is 2.05 bits per heavy atom. The molecule has 0 unspecified atom stereocenters. The third kappa shape index (κ3) is 3.19. The van der Waals surface area contributed by atoms with Gasteiger partial charge in [0, 0.05) is 17.5 Å². The Kier molecular flexibility index (Phi) is 4.29. The van der Waals surface area contributed by atoms with Crippen molar-refractivity contribution in [3.05, 3.63) is 45.4 Å². The van der Waals surface area contributed by atoms with Crippen LogP contribution in [0.15, 0.2) is 23.6 Å². The summed E-state index contributed by atoms with van der Waals surface area (Å²) in [5, 5.41) is 5.59. The molecule has 5 heteroatoms. The van der Waals surface area contributed by atoms with Crippen LogP contribution in [0.1, 0.15) is 26.6 Å². The summed E-state index contributed by atoms with van der Waals surface area (Å²) in [4.78, 5) is 16.4. The van der Waals surface area contributed by atoms with Gasteiger partial charge in [0.1, 0.15) is 5.69 Å². The second-order valence-electron chi connectivity index (χ2n) is 4.39. The lowest BCUT2D eigenvalue weighted by molar-refractivity contribution is 0.102. The fourth-order valence-electron chi connectivity index (χ4n) is 1.84. The quantitative estimate of drug-likeness (QED) is 0.901. The first-order valence-electron chi connectivity index (χ1n) is 6.14. The van der Waals surface area contributed by atoms with Crippen molar-refractivity contribution in [2.24, 2.45) is 5.73 Å². The van der Waals surface area contributed by atoms with E-state index in [1.165, 1.54) is 11.3 Å². The van der Waals surface area contributed by atoms with Gasteiger partial charge in [-0.15, -0.1) is 11.3 Å². The second-order valence-corrected chi connectivity index (χ2v) is 5.33. The van der Waals surface area contributed by atoms with Gasteiger partial charge in [-0.1, -0.05) is 18.2 Å². The van der Waals surface area contributed by atoms with E-state index in [2.05, 4.69) is 10.3 Å². The van der Waals surface area contributed by atoms with Gasteiger partial charge in [0.25, 0.3) is 5.91 Å². The third-order valence-electron chi connectivity index (χ3n) is 2.86. The van der Waals surface area contributed by atoms with E-state index < -0.39 is 0 Å². The standard InChI is InChI=1S/C14H17N3OS/c1-9-4-3-5-10(2)13(9)17-14(18)11-8-19-12(16-11)6-7-15/h3-5,8H,6-7,15H2,1-2H3,(H,17,18). The molecule has 0 aliphatic heterocycles. The summed E-state index contributed by atoms with van der Waals surface area (Å²) in [6.45, 7) is 4.50. The van der Waals surface area contributed by atoms with Crippen LogP contribution >= 0.6 is 11.3 Å². The molecule has 1 aromatic carbocycles. The smallest absolute Gasteiger partial charge is 0.275 e. The third-order valence-corrected chi connectivity index (χ3v) is 3.77. The van der Waals surface area contributed by atoms with Crippen LogP contribution in [-0.2, 0) is 6.42 Å². The average molecular weight is 275 g/mol. The van der Waals surface area contributed by atoms with E-state index in [1.807, 2.05) is 32.0 Å². The summed E-state index contributed by atoms with van der Waals surface area (Å²) in [6, 6.07) is 5.93. The molecule has 4 nitrogen and oxygen atoms in total. The first-order valence-corrected chi connectivity index (χ1v) is 7.02. The molecule has 3 N–H and O–H groups in total. The number of rotatable bonds is 4. The van der Waals surface area contributed by atoms with Crippen LogP contribution in [0.2, 0.25) is 0 Å². The molecule has 19 heavy (non-hydrogen) atoms. The number of benzene rings is 1. The fourth-order valence-corrected chi connectivity index (χ4v) is 2.64. The van der Waals surface area contributed by atoms with Crippen molar-refractivity contribution in [2.45, 2.75) is 20.3 Å². The molecule has 0 aliphatic rings. The largest absolute Gasteiger partial charge is 0.330 e. The summed E-state index contributed by atoms with van der Waals surface area (Å²) >= 11 is 1.47. The minimum atomic E-state index is -0.170. The maximum atomic E-state index is 12.1. The van der Waals surface area contributed by atoms with E-state index in [9.17, 15) is 4.79 Å². The number of anilines is 1. The van der Waals surface area contributed by atoms with Crippen LogP contribution < -0.4 is 11.1 Å². The molecule has 0 atom stereocenters. The van der Waals surface area contributed by atoms with Gasteiger partial charge in [0.2, 0.25) is 0 Å². The molecule has 0 aliphatic carbocycles. The number of hydrogen-bond acceptors (Lipinski definition) is 4. The van der Waals surface area contributed by atoms with Crippen molar-refractivity contribution in [1.29, 1.82) is 0 Å². The van der Waals surface area contributed by atoms with Crippen molar-refractivity contribution >= 4 is 22.9 Å². The lowest BCUT2D eigenvalue weighted by atomic mass is 10.1. The maximum absolute atomic E-state index is 12.1. The molecular weight excluding hydrogens is 258 g/mol. The van der Waals surface area contributed by atoms with Crippen molar-refractivity contribution in [3.8, 4) is 0 Å². The van der Waals surface area contributed by atoms with Crippen molar-refractivity contribution < 1.29 is 4.79 Å². The van der Waals surface area contributed by atoms with E-state index in [1.54, 1.807) is 5.38 Å². The number of carbonyl (C=O) groups is 1. The van der Waals surface area contributed by atoms with E-state index in [-0.39, 0.29) is 5.91 Å². The zero-order valence-electron chi connectivity index (χ0n) is 11.1. The number of aromatic nitrogens is 1. The number of amides is 1. The topological polar surface area (TPSA) is 68.0 Å². The predicted octanol–water partition coefficient (Wildman–Crippen LogP) is 2.51. The highest BCUT2D eigenvalue weighted by molar-refractivity contribution is 7.09. The van der Waals surface area contributed by atoms with E-state index in [4.69, 9.17) is 5.73 Å². The first kappa shape index (κ1) is 13.7. The van der Waals surface area contributed by atoms with Crippen LogP contribution in [0.3, 0.4) is 0 Å². The van der Waals surface area contributed by atoms with E-state index in [0.717, 1.165) is 21.8 Å². The van der Waals surface area contributed by atoms with Crippen LogP contribution in [0.25, 0.3) is 0 Å². The molecule has 0 spiro atoms. The lowest BCUT2D eigenvalue weighted by Gasteiger charge is -2.10. The van der Waals surface area contributed by atoms with Gasteiger partial charge in [-0.3, -0.25) is 4.79 Å². The molecule has 0 saturated carbocycles. The second kappa shape index (κ2) is 5.95. The highest BCUT2D eigenvalue weighted by Gasteiger charge is 2.12. The molecule has 0 fully saturated rings. The van der Waals surface area contributed by atoms with Crippen LogP contribution in [0.4, 0.5) is 5.69 Å². The zero-order chi connectivity index (χ0) is 13.8. The van der Waals surface area contributed by atoms with Crippen LogP contribution in [-0.4, -0.2) is 17.4 Å². The van der Waals surface area contributed by atoms with Gasteiger partial charge in [-0.05, 0) is 31.5 Å². The summed E-state index contributed by atoms with van der Waals surface area (Å²) in [7, 11) is 0. The van der Waals surface area contributed by atoms with E-state index in [0.29, 0.717) is 18.7 Å². The first-order chi connectivity index (χ1) is 9.11. The van der Waals surface area contributed by atoms with Gasteiger partial charge < -0.3 is 11.1 Å². The zero-order valence-corrected chi connectivity index (χ0v) is 11.9. The number of nitrogens with one attached hydrogen (secondary N) is 1. The Morgan fingerprint density at radius 3 is 2.68 bits per heavy atom. The average Bonchev–Trinajstić information content (AvgIpc) is 2.83. The van der Waals surface area contributed by atoms with Gasteiger partial charge in [-0.2, -0.15) is 0 Å². The Morgan fingerprint density at radius 1 is 1.37 bits per heavy atom. The highest BCUT2D eigenvalue weighted by Crippen LogP contribution is 2.20. The number of para-hydroxylation sites is 1. The summed E-state index contributed by atoms with van der Waals surface area (Å²) in [6.07, 6.45) is 0.710. The number of aryl methyl sites for hydroxylation is 2. The lowest BCUT2D eigenvalue weighted by Crippen LogP contribution is -2.14. The summed E-state index contributed by atoms with van der Waals surface area (Å²) in [5.74, 6) is -0.170. The van der Waals surface area contributed by atoms with Crippen molar-refractivity contribution in [1.82, 2.24) is 4.98 Å². The molecule has 2 aromatic rings.